The van der Waals surface area contributed by atoms with Crippen molar-refractivity contribution in [2.75, 3.05) is 23.3 Å². The fraction of sp³-hybridized carbons (Fsp3) is 0.364. The Bertz CT molecular complexity index is 761. The van der Waals surface area contributed by atoms with E-state index in [2.05, 4.69) is 41.8 Å². The van der Waals surface area contributed by atoms with Crippen LogP contribution in [0.3, 0.4) is 0 Å². The Balaban J connectivity index is 1.47. The van der Waals surface area contributed by atoms with E-state index in [1.54, 1.807) is 0 Å². The molecule has 1 aliphatic heterocycles. The second-order valence-corrected chi connectivity index (χ2v) is 7.40. The summed E-state index contributed by atoms with van der Waals surface area (Å²) in [4.78, 5) is 13.7. The van der Waals surface area contributed by atoms with E-state index in [-0.39, 0.29) is 5.91 Å². The van der Waals surface area contributed by atoms with Crippen LogP contribution in [-0.2, 0) is 11.2 Å². The topological polar surface area (TPSA) is 44.4 Å². The molecule has 1 fully saturated rings. The van der Waals surface area contributed by atoms with E-state index in [0.29, 0.717) is 17.5 Å². The molecule has 5 heteroatoms. The van der Waals surface area contributed by atoms with Crippen molar-refractivity contribution in [3.63, 3.8) is 0 Å². The predicted octanol–water partition coefficient (Wildman–Crippen LogP) is 4.37. The molecular formula is C22H27N3OS. The van der Waals surface area contributed by atoms with Crippen molar-refractivity contribution in [2.45, 2.75) is 32.6 Å². The van der Waals surface area contributed by atoms with E-state index in [9.17, 15) is 4.79 Å². The summed E-state index contributed by atoms with van der Waals surface area (Å²) in [5, 5.41) is 7.20. The van der Waals surface area contributed by atoms with Gasteiger partial charge in [-0.15, -0.1) is 0 Å². The Morgan fingerprint density at radius 3 is 2.52 bits per heavy atom. The molecule has 27 heavy (non-hydrogen) atoms. The van der Waals surface area contributed by atoms with Gasteiger partial charge in [0.1, 0.15) is 0 Å². The van der Waals surface area contributed by atoms with E-state index in [1.807, 2.05) is 35.2 Å². The van der Waals surface area contributed by atoms with E-state index < -0.39 is 0 Å². The average molecular weight is 382 g/mol. The number of anilines is 2. The van der Waals surface area contributed by atoms with Gasteiger partial charge in [-0.1, -0.05) is 43.7 Å². The Labute approximate surface area is 167 Å². The predicted molar refractivity (Wildman–Crippen MR) is 116 cm³/mol. The van der Waals surface area contributed by atoms with E-state index in [4.69, 9.17) is 12.2 Å². The molecule has 0 bridgehead atoms. The third-order valence-corrected chi connectivity index (χ3v) is 5.25. The number of carbonyl (C=O) groups excluding carboxylic acids is 1. The van der Waals surface area contributed by atoms with Gasteiger partial charge >= 0.3 is 0 Å². The summed E-state index contributed by atoms with van der Waals surface area (Å²) < 4.78 is 0. The van der Waals surface area contributed by atoms with Gasteiger partial charge in [-0.25, -0.2) is 0 Å². The number of amides is 1. The molecule has 1 atom stereocenters. The first-order valence-corrected chi connectivity index (χ1v) is 10.1. The smallest absolute Gasteiger partial charge is 0.227 e. The summed E-state index contributed by atoms with van der Waals surface area (Å²) in [6, 6.07) is 18.4. The average Bonchev–Trinajstić information content (AvgIpc) is 3.12. The highest BCUT2D eigenvalue weighted by molar-refractivity contribution is 7.80. The number of nitrogens with zero attached hydrogens (tertiary/aromatic N) is 1. The van der Waals surface area contributed by atoms with Crippen molar-refractivity contribution in [1.82, 2.24) is 5.32 Å². The van der Waals surface area contributed by atoms with Crippen LogP contribution < -0.4 is 15.5 Å². The molecule has 2 aromatic rings. The van der Waals surface area contributed by atoms with Gasteiger partial charge in [-0.2, -0.15) is 0 Å². The Morgan fingerprint density at radius 1 is 1.15 bits per heavy atom. The van der Waals surface area contributed by atoms with Gasteiger partial charge in [0.25, 0.3) is 0 Å². The first-order valence-electron chi connectivity index (χ1n) is 9.65. The van der Waals surface area contributed by atoms with Crippen LogP contribution >= 0.6 is 12.2 Å². The van der Waals surface area contributed by atoms with Gasteiger partial charge in [-0.3, -0.25) is 4.79 Å². The molecule has 3 rings (SSSR count). The van der Waals surface area contributed by atoms with Crippen LogP contribution in [0, 0.1) is 5.92 Å². The van der Waals surface area contributed by atoms with E-state index >= 15 is 0 Å². The summed E-state index contributed by atoms with van der Waals surface area (Å²) in [6.45, 7) is 3.87. The zero-order chi connectivity index (χ0) is 19.1. The Kier molecular flexibility index (Phi) is 6.82. The molecule has 4 nitrogen and oxygen atoms in total. The van der Waals surface area contributed by atoms with Crippen LogP contribution in [0.5, 0.6) is 0 Å². The standard InChI is InChI=1S/C22H27N3OS/c1-2-17(15-18-7-4-3-5-8-18)16-23-22(27)24-19-10-12-20(13-11-19)25-14-6-9-21(25)26/h3-5,7-8,10-13,17H,2,6,9,14-16H2,1H3,(H2,23,24,27). The van der Waals surface area contributed by atoms with Gasteiger partial charge in [0, 0.05) is 30.9 Å². The third-order valence-electron chi connectivity index (χ3n) is 5.01. The summed E-state index contributed by atoms with van der Waals surface area (Å²) in [5.74, 6) is 0.743. The summed E-state index contributed by atoms with van der Waals surface area (Å²) in [5.41, 5.74) is 3.24. The number of nitrogens with one attached hydrogen (secondary N) is 2. The lowest BCUT2D eigenvalue weighted by Gasteiger charge is -2.19. The number of thiocarbonyl (C=S) groups is 1. The largest absolute Gasteiger partial charge is 0.362 e. The van der Waals surface area contributed by atoms with Crippen LogP contribution in [0.4, 0.5) is 11.4 Å². The lowest BCUT2D eigenvalue weighted by Crippen LogP contribution is -2.33. The zero-order valence-corrected chi connectivity index (χ0v) is 16.6. The summed E-state index contributed by atoms with van der Waals surface area (Å²) in [7, 11) is 0. The number of carbonyl (C=O) groups is 1. The maximum atomic E-state index is 11.8. The highest BCUT2D eigenvalue weighted by Gasteiger charge is 2.21. The minimum absolute atomic E-state index is 0.205. The Hall–Kier alpha value is -2.40. The minimum atomic E-state index is 0.205. The van der Waals surface area contributed by atoms with Crippen LogP contribution in [0.15, 0.2) is 54.6 Å². The number of hydrogen-bond acceptors (Lipinski definition) is 2. The van der Waals surface area contributed by atoms with Gasteiger partial charge in [0.15, 0.2) is 5.11 Å². The lowest BCUT2D eigenvalue weighted by molar-refractivity contribution is -0.117. The quantitative estimate of drug-likeness (QED) is 0.699. The number of rotatable bonds is 7. The fourth-order valence-electron chi connectivity index (χ4n) is 3.37. The molecule has 0 radical (unpaired) electrons. The lowest BCUT2D eigenvalue weighted by atomic mass is 9.97. The summed E-state index contributed by atoms with van der Waals surface area (Å²) >= 11 is 5.44. The second-order valence-electron chi connectivity index (χ2n) is 6.99. The van der Waals surface area contributed by atoms with Crippen LogP contribution in [0.1, 0.15) is 31.7 Å². The highest BCUT2D eigenvalue weighted by Crippen LogP contribution is 2.23. The first-order chi connectivity index (χ1) is 13.2. The molecule has 1 aliphatic rings. The number of hydrogen-bond donors (Lipinski definition) is 2. The molecule has 0 saturated carbocycles. The fourth-order valence-corrected chi connectivity index (χ4v) is 3.57. The van der Waals surface area contributed by atoms with Crippen molar-refractivity contribution in [1.29, 1.82) is 0 Å². The van der Waals surface area contributed by atoms with Crippen molar-refractivity contribution in [2.24, 2.45) is 5.92 Å². The molecule has 0 spiro atoms. The minimum Gasteiger partial charge on any atom is -0.362 e. The molecule has 142 valence electrons. The second kappa shape index (κ2) is 9.51. The van der Waals surface area contributed by atoms with E-state index in [0.717, 1.165) is 43.7 Å². The first kappa shape index (κ1) is 19.4. The molecule has 1 heterocycles. The Morgan fingerprint density at radius 2 is 1.89 bits per heavy atom. The van der Waals surface area contributed by atoms with Gasteiger partial charge in [0.05, 0.1) is 0 Å². The SMILES string of the molecule is CCC(CNC(=S)Nc1ccc(N2CCCC2=O)cc1)Cc1ccccc1. The summed E-state index contributed by atoms with van der Waals surface area (Å²) in [6.07, 6.45) is 3.73. The van der Waals surface area contributed by atoms with Gasteiger partial charge < -0.3 is 15.5 Å². The molecule has 1 saturated heterocycles. The van der Waals surface area contributed by atoms with E-state index in [1.165, 1.54) is 5.56 Å². The molecular weight excluding hydrogens is 354 g/mol. The molecule has 1 unspecified atom stereocenters. The molecule has 2 aromatic carbocycles. The third kappa shape index (κ3) is 5.54. The maximum Gasteiger partial charge on any atom is 0.227 e. The van der Waals surface area contributed by atoms with Crippen molar-refractivity contribution in [3.8, 4) is 0 Å². The van der Waals surface area contributed by atoms with Crippen molar-refractivity contribution in [3.05, 3.63) is 60.2 Å². The number of benzene rings is 2. The van der Waals surface area contributed by atoms with Gasteiger partial charge in [-0.05, 0) is 60.8 Å². The highest BCUT2D eigenvalue weighted by atomic mass is 32.1. The molecule has 0 aromatic heterocycles. The molecule has 1 amide bonds. The van der Waals surface area contributed by atoms with Crippen LogP contribution in [-0.4, -0.2) is 24.1 Å². The van der Waals surface area contributed by atoms with Gasteiger partial charge in [0.2, 0.25) is 5.91 Å². The molecule has 0 aliphatic carbocycles. The zero-order valence-electron chi connectivity index (χ0n) is 15.8. The monoisotopic (exact) mass is 381 g/mol. The van der Waals surface area contributed by atoms with Crippen molar-refractivity contribution >= 4 is 34.6 Å². The molecule has 2 N–H and O–H groups in total. The maximum absolute atomic E-state index is 11.8. The normalized spacial score (nSPS) is 14.9. The van der Waals surface area contributed by atoms with Crippen molar-refractivity contribution < 1.29 is 4.79 Å². The van der Waals surface area contributed by atoms with Crippen LogP contribution in [0.2, 0.25) is 0 Å². The van der Waals surface area contributed by atoms with Crippen LogP contribution in [0.25, 0.3) is 0 Å².